The van der Waals surface area contributed by atoms with Crippen LogP contribution in [-0.2, 0) is 9.05 Å². The molecule has 0 aliphatic heterocycles. The molecule has 1 heterocycles. The highest BCUT2D eigenvalue weighted by Gasteiger charge is 2.10. The van der Waals surface area contributed by atoms with Crippen molar-refractivity contribution in [3.63, 3.8) is 0 Å². The second-order valence-corrected chi connectivity index (χ2v) is 5.87. The molecule has 0 unspecified atom stereocenters. The van der Waals surface area contributed by atoms with E-state index in [4.69, 9.17) is 10.7 Å². The van der Waals surface area contributed by atoms with Crippen LogP contribution in [-0.4, -0.2) is 13.4 Å². The molecule has 0 amide bonds. The van der Waals surface area contributed by atoms with Gasteiger partial charge in [0.05, 0.1) is 20.6 Å². The Morgan fingerprint density at radius 1 is 1.38 bits per heavy atom. The lowest BCUT2D eigenvalue weighted by Crippen LogP contribution is -1.89. The molecule has 1 aromatic heterocycles. The summed E-state index contributed by atoms with van der Waals surface area (Å²) in [5.74, 6) is 0. The molecule has 2 rings (SSSR count). The third kappa shape index (κ3) is 1.67. The van der Waals surface area contributed by atoms with Crippen molar-refractivity contribution in [2.75, 3.05) is 0 Å². The van der Waals surface area contributed by atoms with Gasteiger partial charge in [-0.05, 0) is 18.2 Å². The molecule has 0 radical (unpaired) electrons. The van der Waals surface area contributed by atoms with Crippen molar-refractivity contribution >= 4 is 41.3 Å². The predicted octanol–water partition coefficient (Wildman–Crippen LogP) is 2.22. The molecule has 0 saturated heterocycles. The minimum absolute atomic E-state index is 0.0903. The van der Waals surface area contributed by atoms with Gasteiger partial charge >= 0.3 is 0 Å². The van der Waals surface area contributed by atoms with Gasteiger partial charge in [-0.1, -0.05) is 0 Å². The Labute approximate surface area is 83.4 Å². The summed E-state index contributed by atoms with van der Waals surface area (Å²) in [4.78, 5) is 4.08. The van der Waals surface area contributed by atoms with Crippen molar-refractivity contribution < 1.29 is 8.42 Å². The molecule has 0 N–H and O–H groups in total. The molecular weight excluding hydrogens is 230 g/mol. The number of nitrogens with zero attached hydrogens (tertiary/aromatic N) is 1. The highest BCUT2D eigenvalue weighted by Crippen LogP contribution is 2.23. The quantitative estimate of drug-likeness (QED) is 0.710. The van der Waals surface area contributed by atoms with Gasteiger partial charge in [-0.25, -0.2) is 13.4 Å². The Kier molecular flexibility index (Phi) is 2.02. The van der Waals surface area contributed by atoms with Crippen molar-refractivity contribution in [3.05, 3.63) is 23.7 Å². The van der Waals surface area contributed by atoms with E-state index in [1.54, 1.807) is 11.6 Å². The van der Waals surface area contributed by atoms with Gasteiger partial charge in [-0.15, -0.1) is 11.3 Å². The predicted molar refractivity (Wildman–Crippen MR) is 52.7 cm³/mol. The smallest absolute Gasteiger partial charge is 0.245 e. The molecule has 0 atom stereocenters. The topological polar surface area (TPSA) is 47.0 Å². The highest BCUT2D eigenvalue weighted by atomic mass is 35.7. The van der Waals surface area contributed by atoms with Crippen LogP contribution in [0.4, 0.5) is 0 Å². The van der Waals surface area contributed by atoms with E-state index >= 15 is 0 Å². The van der Waals surface area contributed by atoms with E-state index in [0.717, 1.165) is 4.70 Å². The normalized spacial score (nSPS) is 12.1. The number of aromatic nitrogens is 1. The maximum absolute atomic E-state index is 10.9. The molecule has 0 aliphatic rings. The van der Waals surface area contributed by atoms with Gasteiger partial charge < -0.3 is 0 Å². The van der Waals surface area contributed by atoms with Gasteiger partial charge in [0.25, 0.3) is 9.05 Å². The van der Waals surface area contributed by atoms with Crippen LogP contribution in [0.25, 0.3) is 10.2 Å². The van der Waals surface area contributed by atoms with Crippen LogP contribution in [0.2, 0.25) is 0 Å². The average Bonchev–Trinajstić information content (AvgIpc) is 2.47. The zero-order valence-electron chi connectivity index (χ0n) is 6.27. The number of hydrogen-bond donors (Lipinski definition) is 0. The Morgan fingerprint density at radius 2 is 2.15 bits per heavy atom. The second-order valence-electron chi connectivity index (χ2n) is 2.42. The first-order chi connectivity index (χ1) is 6.07. The monoisotopic (exact) mass is 233 g/mol. The lowest BCUT2D eigenvalue weighted by Gasteiger charge is -1.94. The van der Waals surface area contributed by atoms with Gasteiger partial charge in [0.2, 0.25) is 0 Å². The van der Waals surface area contributed by atoms with Crippen molar-refractivity contribution in [2.24, 2.45) is 0 Å². The largest absolute Gasteiger partial charge is 0.261 e. The first kappa shape index (κ1) is 8.93. The molecule has 1 aromatic carbocycles. The van der Waals surface area contributed by atoms with E-state index in [0.29, 0.717) is 5.52 Å². The van der Waals surface area contributed by atoms with E-state index in [-0.39, 0.29) is 4.90 Å². The van der Waals surface area contributed by atoms with Gasteiger partial charge in [0.15, 0.2) is 0 Å². The zero-order chi connectivity index (χ0) is 9.47. The number of thiazole rings is 1. The molecule has 0 fully saturated rings. The molecule has 6 heteroatoms. The lowest BCUT2D eigenvalue weighted by atomic mass is 10.3. The van der Waals surface area contributed by atoms with Gasteiger partial charge in [-0.3, -0.25) is 0 Å². The van der Waals surface area contributed by atoms with Crippen LogP contribution in [0.1, 0.15) is 0 Å². The molecule has 2 aromatic rings. The molecule has 13 heavy (non-hydrogen) atoms. The van der Waals surface area contributed by atoms with Gasteiger partial charge in [0, 0.05) is 10.7 Å². The maximum atomic E-state index is 10.9. The summed E-state index contributed by atoms with van der Waals surface area (Å²) >= 11 is 1.46. The average molecular weight is 234 g/mol. The van der Waals surface area contributed by atoms with Crippen LogP contribution in [0.15, 0.2) is 28.6 Å². The number of benzene rings is 1. The molecular formula is C7H4ClNO2S2. The summed E-state index contributed by atoms with van der Waals surface area (Å²) in [6.07, 6.45) is 0. The van der Waals surface area contributed by atoms with Crippen molar-refractivity contribution in [2.45, 2.75) is 4.90 Å². The molecule has 68 valence electrons. The number of hydrogen-bond acceptors (Lipinski definition) is 4. The first-order valence-corrected chi connectivity index (χ1v) is 6.54. The molecule has 0 spiro atoms. The number of halogens is 1. The van der Waals surface area contributed by atoms with Gasteiger partial charge in [0.1, 0.15) is 0 Å². The number of rotatable bonds is 1. The Bertz CT molecular complexity index is 546. The summed E-state index contributed by atoms with van der Waals surface area (Å²) in [5, 5.41) is 0. The van der Waals surface area contributed by atoms with Crippen LogP contribution in [0.5, 0.6) is 0 Å². The minimum atomic E-state index is -3.64. The fourth-order valence-corrected chi connectivity index (χ4v) is 2.42. The summed E-state index contributed by atoms with van der Waals surface area (Å²) < 4.78 is 22.8. The summed E-state index contributed by atoms with van der Waals surface area (Å²) in [6.45, 7) is 0. The van der Waals surface area contributed by atoms with Crippen LogP contribution < -0.4 is 0 Å². The molecule has 0 aliphatic carbocycles. The first-order valence-electron chi connectivity index (χ1n) is 3.35. The van der Waals surface area contributed by atoms with Crippen molar-refractivity contribution in [1.29, 1.82) is 0 Å². The van der Waals surface area contributed by atoms with Crippen molar-refractivity contribution in [1.82, 2.24) is 4.98 Å². The minimum Gasteiger partial charge on any atom is -0.245 e. The van der Waals surface area contributed by atoms with E-state index < -0.39 is 9.05 Å². The SMILES string of the molecule is O=S(=O)(Cl)c1ccc2scnc2c1. The third-order valence-electron chi connectivity index (χ3n) is 1.58. The van der Waals surface area contributed by atoms with E-state index in [1.165, 1.54) is 23.5 Å². The summed E-state index contributed by atoms with van der Waals surface area (Å²) in [7, 11) is 1.54. The van der Waals surface area contributed by atoms with Crippen LogP contribution in [0.3, 0.4) is 0 Å². The molecule has 0 saturated carbocycles. The van der Waals surface area contributed by atoms with Crippen LogP contribution >= 0.6 is 22.0 Å². The zero-order valence-corrected chi connectivity index (χ0v) is 8.66. The lowest BCUT2D eigenvalue weighted by molar-refractivity contribution is 0.609. The Balaban J connectivity index is 2.75. The van der Waals surface area contributed by atoms with Crippen LogP contribution in [0, 0.1) is 0 Å². The molecule has 3 nitrogen and oxygen atoms in total. The standard InChI is InChI=1S/C7H4ClNO2S2/c8-13(10,11)5-1-2-7-6(3-5)9-4-12-7/h1-4H. The summed E-state index contributed by atoms with van der Waals surface area (Å²) in [5.41, 5.74) is 2.32. The summed E-state index contributed by atoms with van der Waals surface area (Å²) in [6, 6.07) is 4.64. The van der Waals surface area contributed by atoms with E-state index in [9.17, 15) is 8.42 Å². The third-order valence-corrected chi connectivity index (χ3v) is 3.74. The maximum Gasteiger partial charge on any atom is 0.261 e. The molecule has 0 bridgehead atoms. The van der Waals surface area contributed by atoms with E-state index in [1.807, 2.05) is 0 Å². The number of fused-ring (bicyclic) bond motifs is 1. The van der Waals surface area contributed by atoms with Crippen molar-refractivity contribution in [3.8, 4) is 0 Å². The fraction of sp³-hybridized carbons (Fsp3) is 0. The Hall–Kier alpha value is -0.650. The fourth-order valence-electron chi connectivity index (χ4n) is 0.989. The second kappa shape index (κ2) is 2.94. The van der Waals surface area contributed by atoms with Gasteiger partial charge in [-0.2, -0.15) is 0 Å². The Morgan fingerprint density at radius 3 is 2.85 bits per heavy atom. The van der Waals surface area contributed by atoms with E-state index in [2.05, 4.69) is 4.98 Å². The highest BCUT2D eigenvalue weighted by molar-refractivity contribution is 8.13.